The first-order valence-electron chi connectivity index (χ1n) is 6.69. The maximum atomic E-state index is 12.6. The van der Waals surface area contributed by atoms with Crippen molar-refractivity contribution in [2.75, 3.05) is 0 Å². The van der Waals surface area contributed by atoms with E-state index in [1.807, 2.05) is 30.3 Å². The highest BCUT2D eigenvalue weighted by molar-refractivity contribution is 9.10. The molecule has 2 aromatic carbocycles. The van der Waals surface area contributed by atoms with Gasteiger partial charge in [-0.1, -0.05) is 43.6 Å². The zero-order valence-corrected chi connectivity index (χ0v) is 13.9. The highest BCUT2D eigenvalue weighted by atomic mass is 79.9. The lowest BCUT2D eigenvalue weighted by molar-refractivity contribution is 0.103. The predicted octanol–water partition coefficient (Wildman–Crippen LogP) is 5.46. The number of ketones is 1. The SMILES string of the molecule is CCc1ccc(C(=O)c2cccc(Br)c2Cl)cc1CC. The summed E-state index contributed by atoms with van der Waals surface area (Å²) >= 11 is 9.56. The van der Waals surface area contributed by atoms with E-state index in [2.05, 4.69) is 29.8 Å². The zero-order valence-electron chi connectivity index (χ0n) is 11.5. The van der Waals surface area contributed by atoms with E-state index in [-0.39, 0.29) is 5.78 Å². The van der Waals surface area contributed by atoms with Gasteiger partial charge in [-0.15, -0.1) is 0 Å². The van der Waals surface area contributed by atoms with E-state index in [1.165, 1.54) is 11.1 Å². The van der Waals surface area contributed by atoms with Gasteiger partial charge in [0.25, 0.3) is 0 Å². The third-order valence-electron chi connectivity index (χ3n) is 3.43. The Morgan fingerprint density at radius 2 is 1.80 bits per heavy atom. The number of aryl methyl sites for hydroxylation is 2. The number of halogens is 2. The normalized spacial score (nSPS) is 10.6. The molecule has 0 saturated heterocycles. The monoisotopic (exact) mass is 350 g/mol. The first kappa shape index (κ1) is 15.3. The molecule has 0 N–H and O–H groups in total. The summed E-state index contributed by atoms with van der Waals surface area (Å²) in [6.45, 7) is 4.23. The van der Waals surface area contributed by atoms with Crippen molar-refractivity contribution in [3.05, 3.63) is 68.1 Å². The van der Waals surface area contributed by atoms with Crippen LogP contribution >= 0.6 is 27.5 Å². The molecule has 0 aliphatic rings. The van der Waals surface area contributed by atoms with Gasteiger partial charge >= 0.3 is 0 Å². The summed E-state index contributed by atoms with van der Waals surface area (Å²) in [6.07, 6.45) is 1.91. The van der Waals surface area contributed by atoms with Gasteiger partial charge in [0, 0.05) is 15.6 Å². The van der Waals surface area contributed by atoms with E-state index in [4.69, 9.17) is 11.6 Å². The van der Waals surface area contributed by atoms with Gasteiger partial charge in [-0.2, -0.15) is 0 Å². The lowest BCUT2D eigenvalue weighted by atomic mass is 9.96. The lowest BCUT2D eigenvalue weighted by Gasteiger charge is -2.10. The van der Waals surface area contributed by atoms with Gasteiger partial charge in [0.1, 0.15) is 0 Å². The van der Waals surface area contributed by atoms with E-state index in [1.54, 1.807) is 6.07 Å². The Bertz CT molecular complexity index is 649. The first-order valence-corrected chi connectivity index (χ1v) is 7.86. The molecule has 0 fully saturated rings. The van der Waals surface area contributed by atoms with Gasteiger partial charge < -0.3 is 0 Å². The van der Waals surface area contributed by atoms with Crippen LogP contribution in [0, 0.1) is 0 Å². The van der Waals surface area contributed by atoms with E-state index in [9.17, 15) is 4.79 Å². The van der Waals surface area contributed by atoms with E-state index < -0.39 is 0 Å². The topological polar surface area (TPSA) is 17.1 Å². The van der Waals surface area contributed by atoms with E-state index in [0.29, 0.717) is 16.1 Å². The summed E-state index contributed by atoms with van der Waals surface area (Å²) in [4.78, 5) is 12.6. The Hall–Kier alpha value is -1.12. The Labute approximate surface area is 133 Å². The van der Waals surface area contributed by atoms with Crippen LogP contribution in [0.4, 0.5) is 0 Å². The maximum absolute atomic E-state index is 12.6. The first-order chi connectivity index (χ1) is 9.58. The van der Waals surface area contributed by atoms with Crippen LogP contribution in [0.15, 0.2) is 40.9 Å². The molecule has 0 spiro atoms. The number of hydrogen-bond donors (Lipinski definition) is 0. The van der Waals surface area contributed by atoms with Gasteiger partial charge in [-0.25, -0.2) is 0 Å². The molecule has 0 saturated carbocycles. The molecule has 0 radical (unpaired) electrons. The van der Waals surface area contributed by atoms with Crippen molar-refractivity contribution >= 4 is 33.3 Å². The van der Waals surface area contributed by atoms with E-state index in [0.717, 1.165) is 17.3 Å². The number of benzene rings is 2. The molecule has 0 aliphatic carbocycles. The number of carbonyl (C=O) groups is 1. The van der Waals surface area contributed by atoms with Crippen LogP contribution in [0.2, 0.25) is 5.02 Å². The molecule has 2 rings (SSSR count). The van der Waals surface area contributed by atoms with E-state index >= 15 is 0 Å². The second-order valence-electron chi connectivity index (χ2n) is 4.62. The standard InChI is InChI=1S/C17H16BrClO/c1-3-11-8-9-13(10-12(11)4-2)17(20)14-6-5-7-15(18)16(14)19/h5-10H,3-4H2,1-2H3. The summed E-state index contributed by atoms with van der Waals surface area (Å²) in [5.74, 6) is -0.0337. The smallest absolute Gasteiger partial charge is 0.194 e. The molecule has 0 amide bonds. The third kappa shape index (κ3) is 2.97. The second kappa shape index (κ2) is 6.55. The van der Waals surface area contributed by atoms with Crippen molar-refractivity contribution in [3.63, 3.8) is 0 Å². The van der Waals surface area contributed by atoms with Crippen molar-refractivity contribution in [1.29, 1.82) is 0 Å². The van der Waals surface area contributed by atoms with Crippen LogP contribution in [-0.4, -0.2) is 5.78 Å². The average molecular weight is 352 g/mol. The summed E-state index contributed by atoms with van der Waals surface area (Å²) in [5, 5.41) is 0.468. The van der Waals surface area contributed by atoms with Crippen LogP contribution in [0.5, 0.6) is 0 Å². The average Bonchev–Trinajstić information content (AvgIpc) is 2.48. The summed E-state index contributed by atoms with van der Waals surface area (Å²) in [5.41, 5.74) is 3.75. The summed E-state index contributed by atoms with van der Waals surface area (Å²) in [7, 11) is 0. The van der Waals surface area contributed by atoms with Crippen molar-refractivity contribution in [3.8, 4) is 0 Å². The van der Waals surface area contributed by atoms with Gasteiger partial charge in [-0.3, -0.25) is 4.79 Å². The fourth-order valence-electron chi connectivity index (χ4n) is 2.28. The molecular weight excluding hydrogens is 336 g/mol. The van der Waals surface area contributed by atoms with Crippen molar-refractivity contribution in [2.45, 2.75) is 26.7 Å². The molecule has 0 heterocycles. The molecule has 0 atom stereocenters. The molecule has 1 nitrogen and oxygen atoms in total. The van der Waals surface area contributed by atoms with Gasteiger partial charge in [0.15, 0.2) is 5.78 Å². The van der Waals surface area contributed by atoms with Crippen LogP contribution in [0.25, 0.3) is 0 Å². The Morgan fingerprint density at radius 3 is 2.45 bits per heavy atom. The molecule has 0 unspecified atom stereocenters. The molecule has 2 aromatic rings. The Kier molecular flexibility index (Phi) is 5.00. The third-order valence-corrected chi connectivity index (χ3v) is 4.72. The fourth-order valence-corrected chi connectivity index (χ4v) is 2.85. The minimum absolute atomic E-state index is 0.0337. The zero-order chi connectivity index (χ0) is 14.7. The van der Waals surface area contributed by atoms with Crippen molar-refractivity contribution < 1.29 is 4.79 Å². The molecule has 0 aromatic heterocycles. The molecule has 104 valence electrons. The quantitative estimate of drug-likeness (QED) is 0.669. The molecule has 0 bridgehead atoms. The highest BCUT2D eigenvalue weighted by Crippen LogP contribution is 2.28. The molecule has 3 heteroatoms. The molecule has 20 heavy (non-hydrogen) atoms. The summed E-state index contributed by atoms with van der Waals surface area (Å²) in [6, 6.07) is 11.3. The van der Waals surface area contributed by atoms with Crippen LogP contribution in [0.1, 0.15) is 40.9 Å². The molecule has 0 aliphatic heterocycles. The number of hydrogen-bond acceptors (Lipinski definition) is 1. The van der Waals surface area contributed by atoms with Crippen LogP contribution in [0.3, 0.4) is 0 Å². The maximum Gasteiger partial charge on any atom is 0.194 e. The number of carbonyl (C=O) groups excluding carboxylic acids is 1. The molecular formula is C17H16BrClO. The predicted molar refractivity (Wildman–Crippen MR) is 87.8 cm³/mol. The largest absolute Gasteiger partial charge is 0.289 e. The van der Waals surface area contributed by atoms with Gasteiger partial charge in [0.05, 0.1) is 5.02 Å². The van der Waals surface area contributed by atoms with Crippen molar-refractivity contribution in [1.82, 2.24) is 0 Å². The Balaban J connectivity index is 2.46. The van der Waals surface area contributed by atoms with Gasteiger partial charge in [-0.05, 0) is 58.1 Å². The van der Waals surface area contributed by atoms with Gasteiger partial charge in [0.2, 0.25) is 0 Å². The lowest BCUT2D eigenvalue weighted by Crippen LogP contribution is -2.04. The second-order valence-corrected chi connectivity index (χ2v) is 5.85. The number of rotatable bonds is 4. The summed E-state index contributed by atoms with van der Waals surface area (Å²) < 4.78 is 0.742. The van der Waals surface area contributed by atoms with Crippen molar-refractivity contribution in [2.24, 2.45) is 0 Å². The van der Waals surface area contributed by atoms with Crippen LogP contribution in [-0.2, 0) is 12.8 Å². The Morgan fingerprint density at radius 1 is 1.10 bits per heavy atom. The minimum Gasteiger partial charge on any atom is -0.289 e. The minimum atomic E-state index is -0.0337. The fraction of sp³-hybridized carbons (Fsp3) is 0.235. The highest BCUT2D eigenvalue weighted by Gasteiger charge is 2.15. The van der Waals surface area contributed by atoms with Crippen LogP contribution < -0.4 is 0 Å².